The normalized spacial score (nSPS) is 12.0. The Hall–Kier alpha value is -0.810. The maximum atomic E-state index is 2.50. The Bertz CT molecular complexity index is 700. The molecule has 0 bridgehead atoms. The van der Waals surface area contributed by atoms with Gasteiger partial charge in [-0.1, -0.05) is 0 Å². The second kappa shape index (κ2) is 9.41. The standard InChI is InChI=1S/C24H35NTe/c1-16(2)20-13-21(17(3)4)24(22(14-20)18(5)6)26-23-12-10-9-11-19(23)15-25(7)8/h9-14,16-18H,15H2,1-8H3. The number of hydrogen-bond donors (Lipinski definition) is 0. The quantitative estimate of drug-likeness (QED) is 0.533. The summed E-state index contributed by atoms with van der Waals surface area (Å²) in [5, 5.41) is 0. The molecular formula is C24H35NTe. The molecule has 26 heavy (non-hydrogen) atoms. The third-order valence-electron chi connectivity index (χ3n) is 4.75. The summed E-state index contributed by atoms with van der Waals surface area (Å²) >= 11 is -0.418. The summed E-state index contributed by atoms with van der Waals surface area (Å²) in [6, 6.07) is 14.1. The van der Waals surface area contributed by atoms with Gasteiger partial charge in [-0.2, -0.15) is 0 Å². The number of hydrogen-bond acceptors (Lipinski definition) is 1. The fourth-order valence-corrected chi connectivity index (χ4v) is 7.35. The topological polar surface area (TPSA) is 3.24 Å². The van der Waals surface area contributed by atoms with Crippen molar-refractivity contribution >= 4 is 28.1 Å². The fourth-order valence-electron chi connectivity index (χ4n) is 3.19. The molecule has 0 radical (unpaired) electrons. The van der Waals surface area contributed by atoms with E-state index in [1.807, 2.05) is 0 Å². The van der Waals surface area contributed by atoms with Crippen molar-refractivity contribution < 1.29 is 0 Å². The van der Waals surface area contributed by atoms with Gasteiger partial charge >= 0.3 is 172 Å². The van der Waals surface area contributed by atoms with Gasteiger partial charge < -0.3 is 0 Å². The van der Waals surface area contributed by atoms with Crippen molar-refractivity contribution in [1.29, 1.82) is 0 Å². The van der Waals surface area contributed by atoms with Gasteiger partial charge in [0.15, 0.2) is 0 Å². The van der Waals surface area contributed by atoms with E-state index in [4.69, 9.17) is 0 Å². The molecule has 0 saturated heterocycles. The molecule has 0 aliphatic heterocycles. The molecule has 0 fully saturated rings. The Morgan fingerprint density at radius 2 is 1.35 bits per heavy atom. The molecule has 0 aliphatic carbocycles. The summed E-state index contributed by atoms with van der Waals surface area (Å²) in [5.41, 5.74) is 6.16. The first-order valence-electron chi connectivity index (χ1n) is 9.78. The van der Waals surface area contributed by atoms with Gasteiger partial charge in [0.2, 0.25) is 0 Å². The van der Waals surface area contributed by atoms with Crippen molar-refractivity contribution in [3.05, 3.63) is 58.7 Å². The first-order chi connectivity index (χ1) is 12.2. The zero-order valence-corrected chi connectivity index (χ0v) is 20.1. The van der Waals surface area contributed by atoms with E-state index in [2.05, 4.69) is 96.9 Å². The van der Waals surface area contributed by atoms with Crippen LogP contribution >= 0.6 is 0 Å². The molecule has 1 nitrogen and oxygen atoms in total. The molecule has 2 heteroatoms. The van der Waals surface area contributed by atoms with E-state index in [1.165, 1.54) is 11.1 Å². The molecule has 0 heterocycles. The van der Waals surface area contributed by atoms with Crippen LogP contribution in [0.2, 0.25) is 0 Å². The fraction of sp³-hybridized carbons (Fsp3) is 0.500. The van der Waals surface area contributed by atoms with E-state index in [9.17, 15) is 0 Å². The van der Waals surface area contributed by atoms with E-state index < -0.39 is 20.9 Å². The molecule has 0 saturated carbocycles. The maximum absolute atomic E-state index is 2.50. The minimum absolute atomic E-state index is 0.418. The molecule has 0 aromatic heterocycles. The molecule has 0 aliphatic rings. The summed E-state index contributed by atoms with van der Waals surface area (Å²) in [5.74, 6) is 1.74. The van der Waals surface area contributed by atoms with Gasteiger partial charge in [0.05, 0.1) is 0 Å². The van der Waals surface area contributed by atoms with E-state index >= 15 is 0 Å². The van der Waals surface area contributed by atoms with Gasteiger partial charge in [-0.25, -0.2) is 0 Å². The van der Waals surface area contributed by atoms with E-state index in [0.29, 0.717) is 17.8 Å². The Morgan fingerprint density at radius 1 is 0.808 bits per heavy atom. The molecule has 0 amide bonds. The van der Waals surface area contributed by atoms with Crippen LogP contribution in [0.1, 0.15) is 81.5 Å². The zero-order valence-electron chi connectivity index (χ0n) is 17.8. The zero-order chi connectivity index (χ0) is 19.4. The van der Waals surface area contributed by atoms with Crippen LogP contribution in [0.5, 0.6) is 0 Å². The molecule has 2 rings (SSSR count). The molecule has 142 valence electrons. The van der Waals surface area contributed by atoms with Gasteiger partial charge in [-0.05, 0) is 0 Å². The van der Waals surface area contributed by atoms with Crippen LogP contribution in [0.4, 0.5) is 0 Å². The van der Waals surface area contributed by atoms with Crippen LogP contribution in [-0.4, -0.2) is 39.9 Å². The van der Waals surface area contributed by atoms with Gasteiger partial charge in [0.1, 0.15) is 0 Å². The predicted octanol–water partition coefficient (Wildman–Crippen LogP) is 4.77. The number of rotatable bonds is 7. The Morgan fingerprint density at radius 3 is 1.81 bits per heavy atom. The molecule has 2 aromatic carbocycles. The predicted molar refractivity (Wildman–Crippen MR) is 118 cm³/mol. The van der Waals surface area contributed by atoms with Gasteiger partial charge in [0.25, 0.3) is 0 Å². The van der Waals surface area contributed by atoms with E-state index in [-0.39, 0.29) is 0 Å². The van der Waals surface area contributed by atoms with E-state index in [1.54, 1.807) is 18.3 Å². The van der Waals surface area contributed by atoms with Crippen LogP contribution < -0.4 is 7.22 Å². The third-order valence-corrected chi connectivity index (χ3v) is 8.44. The molecule has 0 spiro atoms. The second-order valence-electron chi connectivity index (χ2n) is 8.44. The molecule has 2 aromatic rings. The minimum atomic E-state index is -0.418. The summed E-state index contributed by atoms with van der Waals surface area (Å²) in [6.45, 7) is 15.1. The van der Waals surface area contributed by atoms with Gasteiger partial charge in [-0.3, -0.25) is 0 Å². The SMILES string of the molecule is CC(C)c1cc(C(C)C)c([Te]c2ccccc2CN(C)C)c(C(C)C)c1. The van der Waals surface area contributed by atoms with Crippen molar-refractivity contribution in [1.82, 2.24) is 4.90 Å². The number of nitrogens with zero attached hydrogens (tertiary/aromatic N) is 1. The Balaban J connectivity index is 2.58. The Kier molecular flexibility index (Phi) is 7.77. The summed E-state index contributed by atoms with van der Waals surface area (Å²) in [7, 11) is 4.32. The van der Waals surface area contributed by atoms with E-state index in [0.717, 1.165) is 6.54 Å². The number of benzene rings is 2. The summed E-state index contributed by atoms with van der Waals surface area (Å²) < 4.78 is 3.27. The average Bonchev–Trinajstić information content (AvgIpc) is 2.55. The third kappa shape index (κ3) is 5.35. The van der Waals surface area contributed by atoms with Crippen molar-refractivity contribution in [2.45, 2.75) is 65.8 Å². The van der Waals surface area contributed by atoms with Crippen LogP contribution in [0, 0.1) is 0 Å². The van der Waals surface area contributed by atoms with Crippen molar-refractivity contribution in [2.24, 2.45) is 0 Å². The van der Waals surface area contributed by atoms with Gasteiger partial charge in [-0.15, -0.1) is 0 Å². The van der Waals surface area contributed by atoms with Crippen LogP contribution in [-0.2, 0) is 6.54 Å². The Labute approximate surface area is 171 Å². The molecule has 0 N–H and O–H groups in total. The second-order valence-corrected chi connectivity index (χ2v) is 11.4. The molecular weight excluding hydrogens is 430 g/mol. The first-order valence-corrected chi connectivity index (χ1v) is 12.1. The van der Waals surface area contributed by atoms with Crippen molar-refractivity contribution in [2.75, 3.05) is 14.1 Å². The van der Waals surface area contributed by atoms with Crippen LogP contribution in [0.3, 0.4) is 0 Å². The summed E-state index contributed by atoms with van der Waals surface area (Å²) in [6.07, 6.45) is 0. The average molecular weight is 465 g/mol. The van der Waals surface area contributed by atoms with Crippen LogP contribution in [0.15, 0.2) is 36.4 Å². The molecule has 0 unspecified atom stereocenters. The van der Waals surface area contributed by atoms with Crippen molar-refractivity contribution in [3.63, 3.8) is 0 Å². The summed E-state index contributed by atoms with van der Waals surface area (Å²) in [4.78, 5) is 2.28. The van der Waals surface area contributed by atoms with Crippen molar-refractivity contribution in [3.8, 4) is 0 Å². The first kappa shape index (κ1) is 21.5. The monoisotopic (exact) mass is 467 g/mol. The van der Waals surface area contributed by atoms with Crippen LogP contribution in [0.25, 0.3) is 0 Å². The molecule has 0 atom stereocenters. The van der Waals surface area contributed by atoms with Gasteiger partial charge in [0, 0.05) is 0 Å².